The van der Waals surface area contributed by atoms with Gasteiger partial charge in [0.1, 0.15) is 0 Å². The number of carbonyl (C=O) groups is 2. The van der Waals surface area contributed by atoms with E-state index in [2.05, 4.69) is 0 Å². The number of amides is 1. The van der Waals surface area contributed by atoms with E-state index in [4.69, 9.17) is 9.84 Å². The highest BCUT2D eigenvalue weighted by Gasteiger charge is 2.26. The van der Waals surface area contributed by atoms with Crippen molar-refractivity contribution in [3.8, 4) is 0 Å². The van der Waals surface area contributed by atoms with E-state index in [1.807, 2.05) is 0 Å². The molecule has 0 aromatic heterocycles. The first-order valence-electron chi connectivity index (χ1n) is 8.05. The second-order valence-corrected chi connectivity index (χ2v) is 7.51. The molecule has 8 nitrogen and oxygen atoms in total. The molecule has 1 saturated heterocycles. The van der Waals surface area contributed by atoms with Gasteiger partial charge in [-0.05, 0) is 31.2 Å². The van der Waals surface area contributed by atoms with Crippen LogP contribution in [0.4, 0.5) is 0 Å². The summed E-state index contributed by atoms with van der Waals surface area (Å²) in [5, 5.41) is 8.74. The lowest BCUT2D eigenvalue weighted by Gasteiger charge is -2.26. The summed E-state index contributed by atoms with van der Waals surface area (Å²) in [6, 6.07) is 5.73. The molecular weight excluding hydrogens is 348 g/mol. The van der Waals surface area contributed by atoms with Gasteiger partial charge >= 0.3 is 5.97 Å². The minimum absolute atomic E-state index is 0.110. The van der Waals surface area contributed by atoms with Crippen molar-refractivity contribution in [1.29, 1.82) is 0 Å². The summed E-state index contributed by atoms with van der Waals surface area (Å²) in [4.78, 5) is 24.6. The summed E-state index contributed by atoms with van der Waals surface area (Å²) < 4.78 is 31.6. The minimum atomic E-state index is -3.60. The summed E-state index contributed by atoms with van der Waals surface area (Å²) in [5.41, 5.74) is 0.327. The van der Waals surface area contributed by atoms with Crippen molar-refractivity contribution in [2.45, 2.75) is 18.2 Å². The Morgan fingerprint density at radius 2 is 1.80 bits per heavy atom. The number of hydrogen-bond donors (Lipinski definition) is 1. The number of aliphatic carboxylic acids is 1. The summed E-state index contributed by atoms with van der Waals surface area (Å²) in [6.07, 6.45) is -0.136. The molecule has 1 amide bonds. The Morgan fingerprint density at radius 3 is 2.32 bits per heavy atom. The zero-order chi connectivity index (χ0) is 18.4. The van der Waals surface area contributed by atoms with Crippen LogP contribution in [0.2, 0.25) is 0 Å². The number of nitrogens with zero attached hydrogens (tertiary/aromatic N) is 2. The molecule has 1 N–H and O–H groups in total. The summed E-state index contributed by atoms with van der Waals surface area (Å²) in [5.74, 6) is -1.29. The maximum Gasteiger partial charge on any atom is 0.305 e. The van der Waals surface area contributed by atoms with E-state index in [0.29, 0.717) is 38.4 Å². The monoisotopic (exact) mass is 370 g/mol. The SMILES string of the molecule is CCN(CCC(=O)O)C(=O)c1ccc(S(=O)(=O)N2CCOCC2)cc1. The van der Waals surface area contributed by atoms with E-state index in [9.17, 15) is 18.0 Å². The molecule has 1 aromatic carbocycles. The Labute approximate surface area is 147 Å². The lowest BCUT2D eigenvalue weighted by atomic mass is 10.2. The van der Waals surface area contributed by atoms with Crippen LogP contribution in [-0.4, -0.2) is 74.0 Å². The van der Waals surface area contributed by atoms with E-state index in [1.165, 1.54) is 33.5 Å². The van der Waals surface area contributed by atoms with Gasteiger partial charge in [0.05, 0.1) is 24.5 Å². The lowest BCUT2D eigenvalue weighted by Crippen LogP contribution is -2.40. The van der Waals surface area contributed by atoms with Crippen molar-refractivity contribution in [3.63, 3.8) is 0 Å². The van der Waals surface area contributed by atoms with Crippen LogP contribution in [-0.2, 0) is 19.6 Å². The standard InChI is InChI=1S/C16H22N2O6S/c1-2-17(8-7-15(19)20)16(21)13-3-5-14(6-4-13)25(22,23)18-9-11-24-12-10-18/h3-6H,2,7-12H2,1H3,(H,19,20). The van der Waals surface area contributed by atoms with Crippen LogP contribution in [0.5, 0.6) is 0 Å². The van der Waals surface area contributed by atoms with Gasteiger partial charge in [0, 0.05) is 31.7 Å². The molecule has 0 unspecified atom stereocenters. The van der Waals surface area contributed by atoms with Gasteiger partial charge in [-0.1, -0.05) is 0 Å². The summed E-state index contributed by atoms with van der Waals surface area (Å²) in [6.45, 7) is 3.59. The van der Waals surface area contributed by atoms with Gasteiger partial charge in [0.15, 0.2) is 0 Å². The molecule has 138 valence electrons. The summed E-state index contributed by atoms with van der Waals surface area (Å²) in [7, 11) is -3.60. The number of rotatable bonds is 7. The first kappa shape index (κ1) is 19.4. The number of ether oxygens (including phenoxy) is 1. The van der Waals surface area contributed by atoms with E-state index >= 15 is 0 Å². The third kappa shape index (κ3) is 4.77. The zero-order valence-corrected chi connectivity index (χ0v) is 14.9. The van der Waals surface area contributed by atoms with Crippen molar-refractivity contribution in [1.82, 2.24) is 9.21 Å². The molecule has 9 heteroatoms. The van der Waals surface area contributed by atoms with Crippen LogP contribution in [0.1, 0.15) is 23.7 Å². The Balaban J connectivity index is 2.12. The topological polar surface area (TPSA) is 104 Å². The molecule has 0 aliphatic carbocycles. The Morgan fingerprint density at radius 1 is 1.20 bits per heavy atom. The van der Waals surface area contributed by atoms with Gasteiger partial charge < -0.3 is 14.7 Å². The van der Waals surface area contributed by atoms with Gasteiger partial charge in [-0.2, -0.15) is 4.31 Å². The highest BCUT2D eigenvalue weighted by Crippen LogP contribution is 2.18. The van der Waals surface area contributed by atoms with Crippen LogP contribution in [0, 0.1) is 0 Å². The average molecular weight is 370 g/mol. The van der Waals surface area contributed by atoms with Crippen molar-refractivity contribution >= 4 is 21.9 Å². The van der Waals surface area contributed by atoms with Crippen LogP contribution >= 0.6 is 0 Å². The number of carboxylic acids is 1. The predicted molar refractivity (Wildman–Crippen MR) is 89.9 cm³/mol. The van der Waals surface area contributed by atoms with E-state index < -0.39 is 16.0 Å². The molecule has 1 aliphatic rings. The van der Waals surface area contributed by atoms with Crippen molar-refractivity contribution in [2.24, 2.45) is 0 Å². The molecule has 1 aromatic rings. The van der Waals surface area contributed by atoms with Crippen molar-refractivity contribution < 1.29 is 27.9 Å². The molecule has 0 radical (unpaired) electrons. The number of sulfonamides is 1. The van der Waals surface area contributed by atoms with Gasteiger partial charge in [0.2, 0.25) is 10.0 Å². The molecule has 25 heavy (non-hydrogen) atoms. The quantitative estimate of drug-likeness (QED) is 0.755. The van der Waals surface area contributed by atoms with E-state index in [-0.39, 0.29) is 23.8 Å². The third-order valence-electron chi connectivity index (χ3n) is 3.97. The fraction of sp³-hybridized carbons (Fsp3) is 0.500. The molecule has 0 spiro atoms. The normalized spacial score (nSPS) is 15.7. The fourth-order valence-electron chi connectivity index (χ4n) is 2.52. The van der Waals surface area contributed by atoms with Crippen molar-refractivity contribution in [3.05, 3.63) is 29.8 Å². The Hall–Kier alpha value is -1.97. The van der Waals surface area contributed by atoms with E-state index in [0.717, 1.165) is 0 Å². The predicted octanol–water partition coefficient (Wildman–Crippen LogP) is 0.644. The van der Waals surface area contributed by atoms with E-state index in [1.54, 1.807) is 6.92 Å². The minimum Gasteiger partial charge on any atom is -0.481 e. The first-order valence-corrected chi connectivity index (χ1v) is 9.49. The fourth-order valence-corrected chi connectivity index (χ4v) is 3.93. The third-order valence-corrected chi connectivity index (χ3v) is 5.89. The number of carboxylic acid groups (broad SMARTS) is 1. The molecular formula is C16H22N2O6S. The maximum absolute atomic E-state index is 12.5. The number of benzene rings is 1. The highest BCUT2D eigenvalue weighted by molar-refractivity contribution is 7.89. The lowest BCUT2D eigenvalue weighted by molar-refractivity contribution is -0.137. The van der Waals surface area contributed by atoms with Crippen LogP contribution < -0.4 is 0 Å². The van der Waals surface area contributed by atoms with Crippen LogP contribution in [0.15, 0.2) is 29.2 Å². The smallest absolute Gasteiger partial charge is 0.305 e. The van der Waals surface area contributed by atoms with Crippen molar-refractivity contribution in [2.75, 3.05) is 39.4 Å². The molecule has 0 saturated carbocycles. The van der Waals surface area contributed by atoms with Gasteiger partial charge in [0.25, 0.3) is 5.91 Å². The number of hydrogen-bond acceptors (Lipinski definition) is 5. The summed E-state index contributed by atoms with van der Waals surface area (Å²) >= 11 is 0. The van der Waals surface area contributed by atoms with Gasteiger partial charge in [-0.3, -0.25) is 9.59 Å². The number of carbonyl (C=O) groups excluding carboxylic acids is 1. The highest BCUT2D eigenvalue weighted by atomic mass is 32.2. The Kier molecular flexibility index (Phi) is 6.51. The van der Waals surface area contributed by atoms with Gasteiger partial charge in [-0.25, -0.2) is 8.42 Å². The van der Waals surface area contributed by atoms with Crippen LogP contribution in [0.25, 0.3) is 0 Å². The second kappa shape index (κ2) is 8.41. The maximum atomic E-state index is 12.5. The Bertz CT molecular complexity index is 711. The molecule has 2 rings (SSSR count). The van der Waals surface area contributed by atoms with Crippen LogP contribution in [0.3, 0.4) is 0 Å². The first-order chi connectivity index (χ1) is 11.9. The zero-order valence-electron chi connectivity index (χ0n) is 14.1. The molecule has 1 heterocycles. The average Bonchev–Trinajstić information content (AvgIpc) is 2.62. The van der Waals surface area contributed by atoms with Gasteiger partial charge in [-0.15, -0.1) is 0 Å². The molecule has 0 bridgehead atoms. The second-order valence-electron chi connectivity index (χ2n) is 5.57. The molecule has 1 aliphatic heterocycles. The molecule has 0 atom stereocenters. The number of morpholine rings is 1. The largest absolute Gasteiger partial charge is 0.481 e. The molecule has 1 fully saturated rings.